The highest BCUT2D eigenvalue weighted by Gasteiger charge is 2.26. The summed E-state index contributed by atoms with van der Waals surface area (Å²) in [5.74, 6) is -1.00. The van der Waals surface area contributed by atoms with Crippen LogP contribution in [0.15, 0.2) is 18.2 Å². The Balaban J connectivity index is 2.14. The fraction of sp³-hybridized carbons (Fsp3) is 0.385. The minimum Gasteiger partial charge on any atom is -0.469 e. The van der Waals surface area contributed by atoms with Gasteiger partial charge in [-0.3, -0.25) is 4.79 Å². The summed E-state index contributed by atoms with van der Waals surface area (Å²) >= 11 is 0. The molecule has 2 rings (SSSR count). The predicted molar refractivity (Wildman–Crippen MR) is 63.2 cm³/mol. The van der Waals surface area contributed by atoms with Gasteiger partial charge in [0, 0.05) is 5.56 Å². The predicted octanol–water partition coefficient (Wildman–Crippen LogP) is 0.314. The third-order valence-electron chi connectivity index (χ3n) is 3.02. The van der Waals surface area contributed by atoms with Crippen molar-refractivity contribution in [1.29, 1.82) is 0 Å². The molecule has 1 aliphatic heterocycles. The maximum Gasteiger partial charge on any atom is 0.338 e. The number of methoxy groups -OCH3 is 1. The number of esters is 2. The Kier molecular flexibility index (Phi) is 3.82. The van der Waals surface area contributed by atoms with Crippen molar-refractivity contribution in [2.75, 3.05) is 7.11 Å². The lowest BCUT2D eigenvalue weighted by Gasteiger charge is -2.17. The largest absolute Gasteiger partial charge is 0.469 e. The highest BCUT2D eigenvalue weighted by atomic mass is 16.5. The first-order chi connectivity index (χ1) is 9.02. The van der Waals surface area contributed by atoms with Crippen LogP contribution in [-0.2, 0) is 20.9 Å². The van der Waals surface area contributed by atoms with Crippen LogP contribution >= 0.6 is 0 Å². The molecule has 102 valence electrons. The van der Waals surface area contributed by atoms with E-state index in [1.54, 1.807) is 6.07 Å². The fourth-order valence-corrected chi connectivity index (χ4v) is 1.93. The van der Waals surface area contributed by atoms with Gasteiger partial charge in [0.25, 0.3) is 0 Å². The summed E-state index contributed by atoms with van der Waals surface area (Å²) in [6.45, 7) is 0.155. The molecule has 2 N–H and O–H groups in total. The number of aliphatic hydroxyl groups is 2. The molecule has 1 aromatic rings. The van der Waals surface area contributed by atoms with Crippen molar-refractivity contribution >= 4 is 11.9 Å². The zero-order valence-electron chi connectivity index (χ0n) is 10.3. The van der Waals surface area contributed by atoms with Gasteiger partial charge in [-0.05, 0) is 17.7 Å². The molecule has 6 nitrogen and oxygen atoms in total. The first kappa shape index (κ1) is 13.5. The van der Waals surface area contributed by atoms with E-state index in [2.05, 4.69) is 4.74 Å². The van der Waals surface area contributed by atoms with Gasteiger partial charge in [-0.2, -0.15) is 0 Å². The van der Waals surface area contributed by atoms with Gasteiger partial charge < -0.3 is 19.7 Å². The second-order valence-electron chi connectivity index (χ2n) is 4.29. The van der Waals surface area contributed by atoms with Crippen molar-refractivity contribution in [3.8, 4) is 0 Å². The van der Waals surface area contributed by atoms with Gasteiger partial charge >= 0.3 is 11.9 Å². The Morgan fingerprint density at radius 2 is 2.21 bits per heavy atom. The van der Waals surface area contributed by atoms with Gasteiger partial charge in [-0.15, -0.1) is 0 Å². The molecule has 1 aliphatic rings. The Bertz CT molecular complexity index is 510. The highest BCUT2D eigenvalue weighted by molar-refractivity contribution is 5.93. The van der Waals surface area contributed by atoms with Crippen LogP contribution in [0, 0.1) is 0 Å². The molecule has 0 bridgehead atoms. The molecule has 1 heterocycles. The molecule has 2 unspecified atom stereocenters. The van der Waals surface area contributed by atoms with Crippen LogP contribution in [0.5, 0.6) is 0 Å². The zero-order valence-corrected chi connectivity index (χ0v) is 10.3. The summed E-state index contributed by atoms with van der Waals surface area (Å²) < 4.78 is 9.26. The van der Waals surface area contributed by atoms with Crippen molar-refractivity contribution in [2.24, 2.45) is 0 Å². The monoisotopic (exact) mass is 266 g/mol. The maximum atomic E-state index is 11.3. The van der Waals surface area contributed by atoms with Crippen LogP contribution in [0.4, 0.5) is 0 Å². The molecule has 0 saturated carbocycles. The lowest BCUT2D eigenvalue weighted by atomic mass is 9.98. The summed E-state index contributed by atoms with van der Waals surface area (Å²) in [4.78, 5) is 22.3. The molecule has 0 aromatic heterocycles. The van der Waals surface area contributed by atoms with Gasteiger partial charge in [0.2, 0.25) is 0 Å². The van der Waals surface area contributed by atoms with E-state index in [4.69, 9.17) is 4.74 Å². The van der Waals surface area contributed by atoms with Crippen molar-refractivity contribution in [1.82, 2.24) is 0 Å². The quantitative estimate of drug-likeness (QED) is 0.762. The summed E-state index contributed by atoms with van der Waals surface area (Å²) in [6, 6.07) is 4.65. The standard InChI is InChI=1S/C13H14O6/c1-18-11(15)5-10(14)12(16)7-2-3-9-8(4-7)6-19-13(9)17/h2-4,10,12,14,16H,5-6H2,1H3. The van der Waals surface area contributed by atoms with Gasteiger partial charge in [-0.25, -0.2) is 4.79 Å². The topological polar surface area (TPSA) is 93.1 Å². The number of carbonyl (C=O) groups is 2. The van der Waals surface area contributed by atoms with Gasteiger partial charge in [-0.1, -0.05) is 6.07 Å². The summed E-state index contributed by atoms with van der Waals surface area (Å²) in [5.41, 5.74) is 1.54. The second-order valence-corrected chi connectivity index (χ2v) is 4.29. The third-order valence-corrected chi connectivity index (χ3v) is 3.02. The van der Waals surface area contributed by atoms with Crippen molar-refractivity contribution < 1.29 is 29.3 Å². The number of benzene rings is 1. The Labute approximate surface area is 109 Å². The number of aliphatic hydroxyl groups excluding tert-OH is 2. The fourth-order valence-electron chi connectivity index (χ4n) is 1.93. The van der Waals surface area contributed by atoms with Crippen molar-refractivity contribution in [2.45, 2.75) is 25.2 Å². The molecule has 0 spiro atoms. The first-order valence-electron chi connectivity index (χ1n) is 5.76. The molecule has 0 fully saturated rings. The van der Waals surface area contributed by atoms with E-state index in [1.807, 2.05) is 0 Å². The molecule has 19 heavy (non-hydrogen) atoms. The van der Waals surface area contributed by atoms with Crippen LogP contribution in [0.2, 0.25) is 0 Å². The second kappa shape index (κ2) is 5.38. The van der Waals surface area contributed by atoms with Gasteiger partial charge in [0.05, 0.1) is 25.2 Å². The van der Waals surface area contributed by atoms with E-state index in [9.17, 15) is 19.8 Å². The number of carbonyl (C=O) groups excluding carboxylic acids is 2. The van der Waals surface area contributed by atoms with E-state index in [-0.39, 0.29) is 13.0 Å². The minimum absolute atomic E-state index is 0.155. The van der Waals surface area contributed by atoms with E-state index in [1.165, 1.54) is 19.2 Å². The molecular formula is C13H14O6. The van der Waals surface area contributed by atoms with Crippen LogP contribution in [-0.4, -0.2) is 35.4 Å². The Morgan fingerprint density at radius 3 is 2.89 bits per heavy atom. The maximum absolute atomic E-state index is 11.3. The third kappa shape index (κ3) is 2.74. The minimum atomic E-state index is -1.26. The van der Waals surface area contributed by atoms with E-state index in [0.717, 1.165) is 0 Å². The first-order valence-corrected chi connectivity index (χ1v) is 5.76. The Morgan fingerprint density at radius 1 is 1.47 bits per heavy atom. The number of rotatable bonds is 4. The van der Waals surface area contributed by atoms with Crippen molar-refractivity contribution in [3.05, 3.63) is 34.9 Å². The molecule has 0 aliphatic carbocycles. The number of hydrogen-bond donors (Lipinski definition) is 2. The highest BCUT2D eigenvalue weighted by Crippen LogP contribution is 2.26. The van der Waals surface area contributed by atoms with E-state index < -0.39 is 24.1 Å². The zero-order chi connectivity index (χ0) is 14.0. The van der Waals surface area contributed by atoms with E-state index >= 15 is 0 Å². The van der Waals surface area contributed by atoms with Crippen LogP contribution < -0.4 is 0 Å². The average molecular weight is 266 g/mol. The van der Waals surface area contributed by atoms with Crippen LogP contribution in [0.3, 0.4) is 0 Å². The molecule has 6 heteroatoms. The smallest absolute Gasteiger partial charge is 0.338 e. The molecule has 2 atom stereocenters. The van der Waals surface area contributed by atoms with Crippen LogP contribution in [0.1, 0.15) is 34.0 Å². The summed E-state index contributed by atoms with van der Waals surface area (Å²) in [5, 5.41) is 19.7. The van der Waals surface area contributed by atoms with Crippen molar-refractivity contribution in [3.63, 3.8) is 0 Å². The Hall–Kier alpha value is -1.92. The average Bonchev–Trinajstić information content (AvgIpc) is 2.78. The lowest BCUT2D eigenvalue weighted by Crippen LogP contribution is -2.22. The normalized spacial score (nSPS) is 16.5. The molecule has 0 amide bonds. The van der Waals surface area contributed by atoms with Gasteiger partial charge in [0.15, 0.2) is 0 Å². The van der Waals surface area contributed by atoms with Gasteiger partial charge in [0.1, 0.15) is 12.7 Å². The number of fused-ring (bicyclic) bond motifs is 1. The number of hydrogen-bond acceptors (Lipinski definition) is 6. The molecule has 0 radical (unpaired) electrons. The molecular weight excluding hydrogens is 252 g/mol. The number of ether oxygens (including phenoxy) is 2. The summed E-state index contributed by atoms with van der Waals surface area (Å²) in [7, 11) is 1.21. The molecule has 0 saturated heterocycles. The van der Waals surface area contributed by atoms with E-state index in [0.29, 0.717) is 16.7 Å². The number of cyclic esters (lactones) is 1. The van der Waals surface area contributed by atoms with Crippen LogP contribution in [0.25, 0.3) is 0 Å². The lowest BCUT2D eigenvalue weighted by molar-refractivity contribution is -0.144. The summed E-state index contributed by atoms with van der Waals surface area (Å²) in [6.07, 6.45) is -2.78. The SMILES string of the molecule is COC(=O)CC(O)C(O)c1ccc2c(c1)COC2=O. The molecule has 1 aromatic carbocycles.